The maximum Gasteiger partial charge on any atom is 0.262 e. The average molecular weight is 132 g/mol. The zero-order chi connectivity index (χ0) is 7.44. The van der Waals surface area contributed by atoms with Gasteiger partial charge in [0.05, 0.1) is 0 Å². The third-order valence-electron chi connectivity index (χ3n) is 1.04. The van der Waals surface area contributed by atoms with Crippen LogP contribution in [-0.4, -0.2) is 17.1 Å². The van der Waals surface area contributed by atoms with Crippen LogP contribution in [0.15, 0.2) is 0 Å². The Labute approximate surface area is 54.0 Å². The number of carbonyl (C=O) groups excluding carboxylic acids is 1. The Kier molecular flexibility index (Phi) is 3.19. The molecule has 0 bridgehead atoms. The van der Waals surface area contributed by atoms with Crippen molar-refractivity contribution in [2.75, 3.05) is 0 Å². The first-order valence-corrected chi connectivity index (χ1v) is 2.78. The number of aliphatic hydroxyl groups is 1. The summed E-state index contributed by atoms with van der Waals surface area (Å²) in [6.07, 6.45) is -0.991. The lowest BCUT2D eigenvalue weighted by atomic mass is 10.1. The molecule has 0 aromatic rings. The summed E-state index contributed by atoms with van der Waals surface area (Å²) >= 11 is 0. The van der Waals surface area contributed by atoms with Gasteiger partial charge in [-0.05, 0) is 5.92 Å². The van der Waals surface area contributed by atoms with Crippen molar-refractivity contribution >= 4 is 5.91 Å². The minimum absolute atomic E-state index is 0.0893. The highest BCUT2D eigenvalue weighted by molar-refractivity contribution is 5.79. The number of hydrazine groups is 1. The molecule has 4 heteroatoms. The fourth-order valence-electron chi connectivity index (χ4n) is 0.388. The maximum absolute atomic E-state index is 10.5. The second kappa shape index (κ2) is 3.42. The largest absolute Gasteiger partial charge is 0.383 e. The van der Waals surface area contributed by atoms with Crippen molar-refractivity contribution in [1.29, 1.82) is 0 Å². The van der Waals surface area contributed by atoms with Crippen LogP contribution in [0, 0.1) is 5.92 Å². The Bertz CT molecular complexity index is 103. The van der Waals surface area contributed by atoms with Crippen LogP contribution in [0.5, 0.6) is 0 Å². The highest BCUT2D eigenvalue weighted by Gasteiger charge is 2.16. The molecule has 9 heavy (non-hydrogen) atoms. The van der Waals surface area contributed by atoms with Crippen molar-refractivity contribution in [3.63, 3.8) is 0 Å². The zero-order valence-corrected chi connectivity index (χ0v) is 5.59. The Morgan fingerprint density at radius 2 is 2.11 bits per heavy atom. The molecule has 0 aliphatic rings. The molecule has 0 aliphatic heterocycles. The number of nitrogens with one attached hydrogen (secondary N) is 1. The zero-order valence-electron chi connectivity index (χ0n) is 5.59. The number of amides is 1. The van der Waals surface area contributed by atoms with Gasteiger partial charge in [0.2, 0.25) is 0 Å². The second-order valence-electron chi connectivity index (χ2n) is 2.20. The molecule has 0 saturated carbocycles. The summed E-state index contributed by atoms with van der Waals surface area (Å²) < 4.78 is 0. The van der Waals surface area contributed by atoms with Gasteiger partial charge in [0.25, 0.3) is 5.91 Å². The number of aliphatic hydroxyl groups excluding tert-OH is 1. The van der Waals surface area contributed by atoms with Crippen LogP contribution in [0.25, 0.3) is 0 Å². The minimum Gasteiger partial charge on any atom is -0.383 e. The van der Waals surface area contributed by atoms with Gasteiger partial charge in [-0.15, -0.1) is 0 Å². The summed E-state index contributed by atoms with van der Waals surface area (Å²) in [5.41, 5.74) is 1.86. The predicted octanol–water partition coefficient (Wildman–Crippen LogP) is -1.01. The number of rotatable bonds is 2. The number of hydrogen-bond acceptors (Lipinski definition) is 3. The van der Waals surface area contributed by atoms with Crippen LogP contribution in [0.1, 0.15) is 13.8 Å². The molecule has 0 spiro atoms. The standard InChI is InChI=1S/C5H12N2O2/c1-3(2)4(8)5(9)7-6/h3-4,8H,6H2,1-2H3,(H,7,9)/t4-/m1/s1. The van der Waals surface area contributed by atoms with Gasteiger partial charge in [0.15, 0.2) is 0 Å². The predicted molar refractivity (Wildman–Crippen MR) is 33.2 cm³/mol. The van der Waals surface area contributed by atoms with Crippen LogP contribution >= 0.6 is 0 Å². The molecule has 1 amide bonds. The van der Waals surface area contributed by atoms with E-state index in [-0.39, 0.29) is 5.92 Å². The van der Waals surface area contributed by atoms with Crippen molar-refractivity contribution in [1.82, 2.24) is 5.43 Å². The van der Waals surface area contributed by atoms with Crippen molar-refractivity contribution in [2.45, 2.75) is 20.0 Å². The lowest BCUT2D eigenvalue weighted by molar-refractivity contribution is -0.131. The van der Waals surface area contributed by atoms with E-state index >= 15 is 0 Å². The van der Waals surface area contributed by atoms with Gasteiger partial charge >= 0.3 is 0 Å². The third kappa shape index (κ3) is 2.43. The van der Waals surface area contributed by atoms with Gasteiger partial charge in [-0.3, -0.25) is 10.2 Å². The van der Waals surface area contributed by atoms with Crippen LogP contribution < -0.4 is 11.3 Å². The maximum atomic E-state index is 10.5. The van der Waals surface area contributed by atoms with Crippen LogP contribution in [0.4, 0.5) is 0 Å². The molecule has 0 fully saturated rings. The van der Waals surface area contributed by atoms with E-state index in [9.17, 15) is 4.79 Å². The molecule has 0 saturated heterocycles. The van der Waals surface area contributed by atoms with Gasteiger partial charge in [-0.2, -0.15) is 0 Å². The molecule has 54 valence electrons. The fraction of sp³-hybridized carbons (Fsp3) is 0.800. The molecular weight excluding hydrogens is 120 g/mol. The van der Waals surface area contributed by atoms with Crippen LogP contribution in [0.2, 0.25) is 0 Å². The second-order valence-corrected chi connectivity index (χ2v) is 2.20. The molecular formula is C5H12N2O2. The molecule has 1 atom stereocenters. The first-order valence-electron chi connectivity index (χ1n) is 2.78. The van der Waals surface area contributed by atoms with Gasteiger partial charge in [0, 0.05) is 0 Å². The number of nitrogens with two attached hydrogens (primary N) is 1. The molecule has 0 unspecified atom stereocenters. The van der Waals surface area contributed by atoms with E-state index in [2.05, 4.69) is 0 Å². The lowest BCUT2D eigenvalue weighted by Crippen LogP contribution is -2.41. The van der Waals surface area contributed by atoms with Crippen molar-refractivity contribution < 1.29 is 9.90 Å². The normalized spacial score (nSPS) is 13.4. The van der Waals surface area contributed by atoms with E-state index in [0.29, 0.717) is 0 Å². The molecule has 4 nitrogen and oxygen atoms in total. The highest BCUT2D eigenvalue weighted by Crippen LogP contribution is 1.98. The SMILES string of the molecule is CC(C)[C@@H](O)C(=O)NN. The summed E-state index contributed by atoms with van der Waals surface area (Å²) in [6.45, 7) is 3.47. The Morgan fingerprint density at radius 1 is 1.67 bits per heavy atom. The highest BCUT2D eigenvalue weighted by atomic mass is 16.3. The molecule has 0 heterocycles. The van der Waals surface area contributed by atoms with E-state index in [4.69, 9.17) is 10.9 Å². The van der Waals surface area contributed by atoms with Gasteiger partial charge in [-0.1, -0.05) is 13.8 Å². The summed E-state index contributed by atoms with van der Waals surface area (Å²) in [7, 11) is 0. The first kappa shape index (κ1) is 8.39. The summed E-state index contributed by atoms with van der Waals surface area (Å²) in [5, 5.41) is 8.90. The van der Waals surface area contributed by atoms with Crippen molar-refractivity contribution in [3.8, 4) is 0 Å². The molecule has 4 N–H and O–H groups in total. The van der Waals surface area contributed by atoms with E-state index in [1.54, 1.807) is 13.8 Å². The first-order chi connectivity index (χ1) is 4.09. The van der Waals surface area contributed by atoms with Crippen molar-refractivity contribution in [2.24, 2.45) is 11.8 Å². The average Bonchev–Trinajstić information content (AvgIpc) is 1.84. The Hall–Kier alpha value is -0.610. The minimum atomic E-state index is -0.991. The number of carbonyl (C=O) groups is 1. The van der Waals surface area contributed by atoms with E-state index in [1.807, 2.05) is 5.43 Å². The Balaban J connectivity index is 3.72. The third-order valence-corrected chi connectivity index (χ3v) is 1.04. The van der Waals surface area contributed by atoms with Crippen LogP contribution in [0.3, 0.4) is 0 Å². The van der Waals surface area contributed by atoms with Gasteiger partial charge in [-0.25, -0.2) is 5.84 Å². The number of hydrogen-bond donors (Lipinski definition) is 3. The quantitative estimate of drug-likeness (QED) is 0.256. The van der Waals surface area contributed by atoms with E-state index in [1.165, 1.54) is 0 Å². The molecule has 0 aromatic heterocycles. The summed E-state index contributed by atoms with van der Waals surface area (Å²) in [6, 6.07) is 0. The summed E-state index contributed by atoms with van der Waals surface area (Å²) in [4.78, 5) is 10.5. The Morgan fingerprint density at radius 3 is 2.22 bits per heavy atom. The molecule has 0 radical (unpaired) electrons. The van der Waals surface area contributed by atoms with Gasteiger partial charge < -0.3 is 5.11 Å². The molecule has 0 rings (SSSR count). The van der Waals surface area contributed by atoms with Crippen LogP contribution in [-0.2, 0) is 4.79 Å². The molecule has 0 aliphatic carbocycles. The summed E-state index contributed by atoms with van der Waals surface area (Å²) in [5.74, 6) is 4.12. The van der Waals surface area contributed by atoms with Crippen molar-refractivity contribution in [3.05, 3.63) is 0 Å². The monoisotopic (exact) mass is 132 g/mol. The molecule has 0 aromatic carbocycles. The smallest absolute Gasteiger partial charge is 0.262 e. The topological polar surface area (TPSA) is 75.3 Å². The van der Waals surface area contributed by atoms with E-state index < -0.39 is 12.0 Å². The van der Waals surface area contributed by atoms with E-state index in [0.717, 1.165) is 0 Å². The fourth-order valence-corrected chi connectivity index (χ4v) is 0.388. The lowest BCUT2D eigenvalue weighted by Gasteiger charge is -2.10. The van der Waals surface area contributed by atoms with Gasteiger partial charge in [0.1, 0.15) is 6.10 Å².